The molecule has 0 saturated carbocycles. The number of carbonyl (C=O) groups is 1. The van der Waals surface area contributed by atoms with Gasteiger partial charge in [-0.25, -0.2) is 4.98 Å². The number of aromatic nitrogens is 1. The van der Waals surface area contributed by atoms with E-state index in [9.17, 15) is 14.9 Å². The number of nitrogens with zero attached hydrogens (tertiary/aromatic N) is 2. The third-order valence-electron chi connectivity index (χ3n) is 3.07. The summed E-state index contributed by atoms with van der Waals surface area (Å²) in [5.74, 6) is -0.529. The van der Waals surface area contributed by atoms with Gasteiger partial charge in [0.25, 0.3) is 11.6 Å². The topological polar surface area (TPSA) is 94.4 Å². The van der Waals surface area contributed by atoms with Crippen LogP contribution in [0.4, 0.5) is 5.69 Å². The molecular weight excluding hydrogens is 286 g/mol. The number of nitrogens with one attached hydrogen (secondary N) is 1. The number of pyridine rings is 1. The van der Waals surface area contributed by atoms with E-state index in [4.69, 9.17) is 16.3 Å². The molecule has 108 valence electrons. The van der Waals surface area contributed by atoms with E-state index in [1.165, 1.54) is 6.07 Å². The molecule has 8 heteroatoms. The Hall–Kier alpha value is -1.73. The molecule has 20 heavy (non-hydrogen) atoms. The predicted molar refractivity (Wildman–Crippen MR) is 71.8 cm³/mol. The third-order valence-corrected chi connectivity index (χ3v) is 3.27. The van der Waals surface area contributed by atoms with Gasteiger partial charge in [-0.3, -0.25) is 14.9 Å². The number of hydrogen-bond donors (Lipinski definition) is 1. The zero-order valence-corrected chi connectivity index (χ0v) is 11.4. The van der Waals surface area contributed by atoms with E-state index in [1.807, 2.05) is 0 Å². The summed E-state index contributed by atoms with van der Waals surface area (Å²) in [6.07, 6.45) is 3.85. The molecule has 1 aromatic rings. The van der Waals surface area contributed by atoms with E-state index in [1.54, 1.807) is 0 Å². The van der Waals surface area contributed by atoms with E-state index in [2.05, 4.69) is 10.3 Å². The van der Waals surface area contributed by atoms with Crippen molar-refractivity contribution in [3.8, 4) is 0 Å². The van der Waals surface area contributed by atoms with Crippen molar-refractivity contribution in [2.24, 2.45) is 0 Å². The Morgan fingerprint density at radius 1 is 1.65 bits per heavy atom. The summed E-state index contributed by atoms with van der Waals surface area (Å²) in [5, 5.41) is 13.5. The molecule has 0 aliphatic carbocycles. The average Bonchev–Trinajstić information content (AvgIpc) is 2.91. The summed E-state index contributed by atoms with van der Waals surface area (Å²) in [6.45, 7) is 1.16. The SMILES string of the molecule is O=C(NCCC1CCCO1)c1cc(Cl)ncc1[N+](=O)[O-]. The Balaban J connectivity index is 1.97. The van der Waals surface area contributed by atoms with Gasteiger partial charge in [-0.1, -0.05) is 11.6 Å². The molecule has 1 amide bonds. The highest BCUT2D eigenvalue weighted by atomic mass is 35.5. The molecule has 0 aromatic carbocycles. The van der Waals surface area contributed by atoms with Gasteiger partial charge in [0.2, 0.25) is 0 Å². The summed E-state index contributed by atoms with van der Waals surface area (Å²) >= 11 is 5.67. The van der Waals surface area contributed by atoms with Crippen molar-refractivity contribution in [3.63, 3.8) is 0 Å². The molecule has 0 radical (unpaired) electrons. The lowest BCUT2D eigenvalue weighted by Crippen LogP contribution is -2.27. The third kappa shape index (κ3) is 3.64. The number of rotatable bonds is 5. The molecule has 2 heterocycles. The van der Waals surface area contributed by atoms with Gasteiger partial charge in [0.05, 0.1) is 11.0 Å². The number of halogens is 1. The number of nitro groups is 1. The molecule has 1 aliphatic rings. The fourth-order valence-corrected chi connectivity index (χ4v) is 2.22. The van der Waals surface area contributed by atoms with Crippen molar-refractivity contribution in [2.75, 3.05) is 13.2 Å². The monoisotopic (exact) mass is 299 g/mol. The van der Waals surface area contributed by atoms with Gasteiger partial charge < -0.3 is 10.1 Å². The second-order valence-corrected chi connectivity index (χ2v) is 4.85. The van der Waals surface area contributed by atoms with Crippen LogP contribution >= 0.6 is 11.6 Å². The van der Waals surface area contributed by atoms with Gasteiger partial charge in [-0.15, -0.1) is 0 Å². The number of hydrogen-bond acceptors (Lipinski definition) is 5. The Morgan fingerprint density at radius 2 is 2.45 bits per heavy atom. The minimum atomic E-state index is -0.654. The van der Waals surface area contributed by atoms with Crippen LogP contribution in [0.2, 0.25) is 5.15 Å². The van der Waals surface area contributed by atoms with Crippen LogP contribution in [0, 0.1) is 10.1 Å². The second kappa shape index (κ2) is 6.62. The van der Waals surface area contributed by atoms with Crippen molar-refractivity contribution >= 4 is 23.2 Å². The zero-order valence-electron chi connectivity index (χ0n) is 10.7. The molecule has 0 spiro atoms. The van der Waals surface area contributed by atoms with Crippen LogP contribution in [0.3, 0.4) is 0 Å². The quantitative estimate of drug-likeness (QED) is 0.509. The summed E-state index contributed by atoms with van der Waals surface area (Å²) in [7, 11) is 0. The Morgan fingerprint density at radius 3 is 3.10 bits per heavy atom. The van der Waals surface area contributed by atoms with Crippen molar-refractivity contribution in [1.82, 2.24) is 10.3 Å². The Labute approximate surface area is 120 Å². The first kappa shape index (κ1) is 14.7. The highest BCUT2D eigenvalue weighted by Gasteiger charge is 2.22. The fraction of sp³-hybridized carbons (Fsp3) is 0.500. The molecule has 0 bridgehead atoms. The summed E-state index contributed by atoms with van der Waals surface area (Å²) in [4.78, 5) is 25.8. The van der Waals surface area contributed by atoms with Gasteiger partial charge in [-0.2, -0.15) is 0 Å². The van der Waals surface area contributed by atoms with Crippen LogP contribution in [0.5, 0.6) is 0 Å². The maximum Gasteiger partial charge on any atom is 0.300 e. The molecule has 1 fully saturated rings. The highest BCUT2D eigenvalue weighted by Crippen LogP contribution is 2.20. The molecule has 1 N–H and O–H groups in total. The van der Waals surface area contributed by atoms with E-state index in [-0.39, 0.29) is 22.5 Å². The lowest BCUT2D eigenvalue weighted by atomic mass is 10.1. The molecular formula is C12H14ClN3O4. The Kier molecular flexibility index (Phi) is 4.86. The van der Waals surface area contributed by atoms with Gasteiger partial charge in [0, 0.05) is 13.2 Å². The van der Waals surface area contributed by atoms with Gasteiger partial charge in [-0.05, 0) is 25.3 Å². The van der Waals surface area contributed by atoms with Crippen LogP contribution < -0.4 is 5.32 Å². The van der Waals surface area contributed by atoms with Crippen LogP contribution in [0.15, 0.2) is 12.3 Å². The van der Waals surface area contributed by atoms with Crippen LogP contribution in [-0.4, -0.2) is 35.1 Å². The molecule has 1 aliphatic heterocycles. The van der Waals surface area contributed by atoms with E-state index < -0.39 is 10.8 Å². The van der Waals surface area contributed by atoms with Crippen molar-refractivity contribution < 1.29 is 14.5 Å². The van der Waals surface area contributed by atoms with E-state index in [0.717, 1.165) is 25.6 Å². The first-order valence-electron chi connectivity index (χ1n) is 6.27. The molecule has 1 aromatic heterocycles. The van der Waals surface area contributed by atoms with Crippen molar-refractivity contribution in [2.45, 2.75) is 25.4 Å². The fourth-order valence-electron chi connectivity index (χ4n) is 2.06. The normalized spacial score (nSPS) is 17.9. The van der Waals surface area contributed by atoms with Gasteiger partial charge in [0.1, 0.15) is 16.9 Å². The van der Waals surface area contributed by atoms with Crippen LogP contribution in [0.1, 0.15) is 29.6 Å². The number of carbonyl (C=O) groups excluding carboxylic acids is 1. The Bertz CT molecular complexity index is 517. The minimum absolute atomic E-state index is 0.0416. The van der Waals surface area contributed by atoms with Gasteiger partial charge in [0.15, 0.2) is 0 Å². The van der Waals surface area contributed by atoms with Crippen molar-refractivity contribution in [1.29, 1.82) is 0 Å². The molecule has 7 nitrogen and oxygen atoms in total. The molecule has 2 rings (SSSR count). The first-order chi connectivity index (χ1) is 9.58. The standard InChI is InChI=1S/C12H14ClN3O4/c13-11-6-9(10(7-15-11)16(18)19)12(17)14-4-3-8-2-1-5-20-8/h6-8H,1-5H2,(H,14,17). The first-order valence-corrected chi connectivity index (χ1v) is 6.65. The van der Waals surface area contributed by atoms with Gasteiger partial charge >= 0.3 is 0 Å². The maximum atomic E-state index is 12.0. The second-order valence-electron chi connectivity index (χ2n) is 4.46. The molecule has 1 saturated heterocycles. The predicted octanol–water partition coefficient (Wildman–Crippen LogP) is 1.94. The summed E-state index contributed by atoms with van der Waals surface area (Å²) in [6, 6.07) is 1.20. The van der Waals surface area contributed by atoms with E-state index in [0.29, 0.717) is 13.0 Å². The number of ether oxygens (including phenoxy) is 1. The largest absolute Gasteiger partial charge is 0.378 e. The average molecular weight is 300 g/mol. The minimum Gasteiger partial charge on any atom is -0.378 e. The highest BCUT2D eigenvalue weighted by molar-refractivity contribution is 6.29. The zero-order chi connectivity index (χ0) is 14.5. The molecule has 1 atom stereocenters. The maximum absolute atomic E-state index is 12.0. The lowest BCUT2D eigenvalue weighted by molar-refractivity contribution is -0.385. The van der Waals surface area contributed by atoms with E-state index >= 15 is 0 Å². The smallest absolute Gasteiger partial charge is 0.300 e. The lowest BCUT2D eigenvalue weighted by Gasteiger charge is -2.10. The summed E-state index contributed by atoms with van der Waals surface area (Å²) in [5.41, 5.74) is -0.439. The van der Waals surface area contributed by atoms with Crippen LogP contribution in [0.25, 0.3) is 0 Å². The molecule has 1 unspecified atom stereocenters. The summed E-state index contributed by atoms with van der Waals surface area (Å²) < 4.78 is 5.43. The van der Waals surface area contributed by atoms with Crippen molar-refractivity contribution in [3.05, 3.63) is 33.1 Å². The van der Waals surface area contributed by atoms with Crippen LogP contribution in [-0.2, 0) is 4.74 Å². The number of amides is 1.